The minimum atomic E-state index is -0.480. The van der Waals surface area contributed by atoms with Gasteiger partial charge < -0.3 is 18.9 Å². The number of rotatable bonds is 13. The summed E-state index contributed by atoms with van der Waals surface area (Å²) in [5.74, 6) is -0.109. The summed E-state index contributed by atoms with van der Waals surface area (Å²) in [6.07, 6.45) is 2.58. The Bertz CT molecular complexity index is 927. The highest BCUT2D eigenvalue weighted by Gasteiger charge is 2.37. The Morgan fingerprint density at radius 2 is 0.944 bits per heavy atom. The lowest BCUT2D eigenvalue weighted by molar-refractivity contribution is -0.0417. The number of hydrogen-bond acceptors (Lipinski definition) is 6. The third kappa shape index (κ3) is 7.23. The van der Waals surface area contributed by atoms with Crippen molar-refractivity contribution in [2.45, 2.75) is 39.9 Å². The van der Waals surface area contributed by atoms with Crippen molar-refractivity contribution in [3.05, 3.63) is 85.0 Å². The Hall–Kier alpha value is -3.54. The van der Waals surface area contributed by atoms with Crippen LogP contribution in [0.2, 0.25) is 0 Å². The maximum Gasteiger partial charge on any atom is 0.338 e. The molecule has 6 heteroatoms. The average molecular weight is 495 g/mol. The molecule has 0 aliphatic carbocycles. The molecule has 194 valence electrons. The van der Waals surface area contributed by atoms with Gasteiger partial charge in [0.15, 0.2) is 0 Å². The van der Waals surface area contributed by atoms with Gasteiger partial charge in [-0.15, -0.1) is 13.2 Å². The number of hydrogen-bond donors (Lipinski definition) is 0. The molecule has 0 heterocycles. The number of carbonyl (C=O) groups is 2. The molecule has 0 amide bonds. The molecule has 2 aromatic rings. The van der Waals surface area contributed by atoms with Crippen molar-refractivity contribution in [1.29, 1.82) is 0 Å². The van der Waals surface area contributed by atoms with Crippen molar-refractivity contribution in [1.82, 2.24) is 0 Å². The second kappa shape index (κ2) is 13.5. The lowest BCUT2D eigenvalue weighted by atomic mass is 9.78. The van der Waals surface area contributed by atoms with E-state index in [0.29, 0.717) is 22.6 Å². The first-order chi connectivity index (χ1) is 17.2. The molecule has 0 spiro atoms. The fraction of sp³-hybridized carbons (Fsp3) is 0.400. The van der Waals surface area contributed by atoms with Gasteiger partial charge in [-0.3, -0.25) is 0 Å². The Labute approximate surface area is 214 Å². The summed E-state index contributed by atoms with van der Waals surface area (Å²) in [5, 5.41) is 0. The van der Waals surface area contributed by atoms with Crippen molar-refractivity contribution >= 4 is 11.9 Å². The molecule has 0 aromatic heterocycles. The highest BCUT2D eigenvalue weighted by atomic mass is 16.6. The van der Waals surface area contributed by atoms with Crippen LogP contribution in [-0.2, 0) is 9.47 Å². The van der Waals surface area contributed by atoms with Gasteiger partial charge in [0.1, 0.15) is 23.7 Å². The quantitative estimate of drug-likeness (QED) is 0.238. The predicted octanol–water partition coefficient (Wildman–Crippen LogP) is 6.37. The fourth-order valence-electron chi connectivity index (χ4n) is 4.09. The minimum Gasteiger partial charge on any atom is -0.497 e. The summed E-state index contributed by atoms with van der Waals surface area (Å²) in [4.78, 5) is 25.9. The predicted molar refractivity (Wildman–Crippen MR) is 141 cm³/mol. The molecule has 0 aliphatic heterocycles. The molecule has 2 rings (SSSR count). The zero-order valence-electron chi connectivity index (χ0n) is 22.1. The molecule has 0 radical (unpaired) electrons. The lowest BCUT2D eigenvalue weighted by Crippen LogP contribution is -2.41. The summed E-state index contributed by atoms with van der Waals surface area (Å²) in [6.45, 7) is 15.7. The molecule has 0 N–H and O–H groups in total. The highest BCUT2D eigenvalue weighted by Crippen LogP contribution is 2.32. The van der Waals surface area contributed by atoms with E-state index in [1.807, 2.05) is 27.7 Å². The van der Waals surface area contributed by atoms with Crippen LogP contribution in [0.4, 0.5) is 0 Å². The summed E-state index contributed by atoms with van der Waals surface area (Å²) < 4.78 is 22.3. The van der Waals surface area contributed by atoms with Gasteiger partial charge in [0.25, 0.3) is 0 Å². The molecule has 0 aliphatic rings. The van der Waals surface area contributed by atoms with Crippen LogP contribution < -0.4 is 9.47 Å². The number of benzene rings is 2. The van der Waals surface area contributed by atoms with Gasteiger partial charge in [-0.05, 0) is 60.4 Å². The Balaban J connectivity index is 2.25. The van der Waals surface area contributed by atoms with Gasteiger partial charge in [0.05, 0.1) is 25.3 Å². The standard InChI is InChI=1S/C30H38O6/c1-9-19(3)27(35-29(31)23-11-15-25(33-7)16-12-23)21(5)22(6)28(20(4)10-2)36-30(32)24-13-17-26(34-8)18-14-24/h9-22,27-28H,1-2H2,3-8H3/t19-,20+,21-,22+,27-,28+. The summed E-state index contributed by atoms with van der Waals surface area (Å²) in [6, 6.07) is 13.6. The van der Waals surface area contributed by atoms with Crippen LogP contribution in [0.1, 0.15) is 48.4 Å². The topological polar surface area (TPSA) is 71.1 Å². The minimum absolute atomic E-state index is 0.123. The maximum absolute atomic E-state index is 13.0. The number of esters is 2. The van der Waals surface area contributed by atoms with Gasteiger partial charge in [0.2, 0.25) is 0 Å². The summed E-state index contributed by atoms with van der Waals surface area (Å²) in [7, 11) is 3.14. The van der Waals surface area contributed by atoms with E-state index in [0.717, 1.165) is 0 Å². The van der Waals surface area contributed by atoms with Crippen molar-refractivity contribution in [3.63, 3.8) is 0 Å². The Morgan fingerprint density at radius 1 is 0.639 bits per heavy atom. The van der Waals surface area contributed by atoms with Crippen molar-refractivity contribution < 1.29 is 28.5 Å². The van der Waals surface area contributed by atoms with Crippen LogP contribution in [0, 0.1) is 23.7 Å². The monoisotopic (exact) mass is 494 g/mol. The van der Waals surface area contributed by atoms with Gasteiger partial charge in [-0.1, -0.05) is 39.8 Å². The number of carbonyl (C=O) groups excluding carboxylic acids is 2. The second-order valence-electron chi connectivity index (χ2n) is 9.10. The van der Waals surface area contributed by atoms with Crippen LogP contribution in [0.3, 0.4) is 0 Å². The van der Waals surface area contributed by atoms with Crippen LogP contribution >= 0.6 is 0 Å². The van der Waals surface area contributed by atoms with Crippen LogP contribution in [0.25, 0.3) is 0 Å². The van der Waals surface area contributed by atoms with Crippen molar-refractivity contribution in [3.8, 4) is 11.5 Å². The van der Waals surface area contributed by atoms with E-state index in [1.54, 1.807) is 74.9 Å². The molecule has 6 atom stereocenters. The summed E-state index contributed by atoms with van der Waals surface area (Å²) >= 11 is 0. The molecule has 0 bridgehead atoms. The smallest absolute Gasteiger partial charge is 0.338 e. The molecular formula is C30H38O6. The first-order valence-corrected chi connectivity index (χ1v) is 12.1. The second-order valence-corrected chi connectivity index (χ2v) is 9.10. The number of ether oxygens (including phenoxy) is 4. The van der Waals surface area contributed by atoms with E-state index < -0.39 is 24.1 Å². The molecule has 0 unspecified atom stereocenters. The van der Waals surface area contributed by atoms with E-state index in [2.05, 4.69) is 13.2 Å². The molecule has 2 aromatic carbocycles. The SMILES string of the molecule is C=C[C@@H](C)[C@@H](OC(=O)c1ccc(OC)cc1)[C@H](C)[C@H](C)[C@@H](OC(=O)c1ccc(OC)cc1)[C@@H](C)C=C. The lowest BCUT2D eigenvalue weighted by Gasteiger charge is -2.37. The van der Waals surface area contributed by atoms with Crippen LogP contribution in [-0.4, -0.2) is 38.4 Å². The average Bonchev–Trinajstić information content (AvgIpc) is 2.92. The highest BCUT2D eigenvalue weighted by molar-refractivity contribution is 5.90. The Morgan fingerprint density at radius 3 is 1.19 bits per heavy atom. The molecule has 0 saturated heterocycles. The van der Waals surface area contributed by atoms with Crippen molar-refractivity contribution in [2.24, 2.45) is 23.7 Å². The summed E-state index contributed by atoms with van der Waals surface area (Å²) in [5.41, 5.74) is 0.859. The van der Waals surface area contributed by atoms with E-state index in [1.165, 1.54) is 0 Å². The van der Waals surface area contributed by atoms with Gasteiger partial charge in [-0.25, -0.2) is 9.59 Å². The largest absolute Gasteiger partial charge is 0.497 e. The van der Waals surface area contributed by atoms with Gasteiger partial charge in [0, 0.05) is 11.8 Å². The zero-order valence-corrected chi connectivity index (χ0v) is 22.1. The third-order valence-electron chi connectivity index (χ3n) is 6.78. The van der Waals surface area contributed by atoms with Gasteiger partial charge in [-0.2, -0.15) is 0 Å². The molecular weight excluding hydrogens is 456 g/mol. The fourth-order valence-corrected chi connectivity index (χ4v) is 4.09. The first-order valence-electron chi connectivity index (χ1n) is 12.1. The van der Waals surface area contributed by atoms with E-state index in [4.69, 9.17) is 18.9 Å². The van der Waals surface area contributed by atoms with E-state index >= 15 is 0 Å². The normalized spacial score (nSPS) is 15.8. The van der Waals surface area contributed by atoms with Crippen molar-refractivity contribution in [2.75, 3.05) is 14.2 Å². The Kier molecular flexibility index (Phi) is 10.8. The van der Waals surface area contributed by atoms with E-state index in [-0.39, 0.29) is 23.7 Å². The molecule has 0 saturated carbocycles. The zero-order chi connectivity index (χ0) is 26.8. The molecule has 6 nitrogen and oxygen atoms in total. The molecule has 36 heavy (non-hydrogen) atoms. The van der Waals surface area contributed by atoms with Gasteiger partial charge >= 0.3 is 11.9 Å². The molecule has 0 fully saturated rings. The first kappa shape index (κ1) is 28.7. The van der Waals surface area contributed by atoms with Crippen LogP contribution in [0.15, 0.2) is 73.8 Å². The van der Waals surface area contributed by atoms with Crippen LogP contribution in [0.5, 0.6) is 11.5 Å². The third-order valence-corrected chi connectivity index (χ3v) is 6.78. The number of methoxy groups -OCH3 is 2. The van der Waals surface area contributed by atoms with E-state index in [9.17, 15) is 9.59 Å². The maximum atomic E-state index is 13.0.